The Morgan fingerprint density at radius 1 is 1.28 bits per heavy atom. The van der Waals surface area contributed by atoms with Crippen LogP contribution >= 0.6 is 22.9 Å². The molecule has 3 rings (SSSR count). The summed E-state index contributed by atoms with van der Waals surface area (Å²) < 4.78 is 1.57. The van der Waals surface area contributed by atoms with E-state index in [9.17, 15) is 4.79 Å². The van der Waals surface area contributed by atoms with Crippen LogP contribution < -0.4 is 5.56 Å². The van der Waals surface area contributed by atoms with Crippen LogP contribution in [0.15, 0.2) is 40.9 Å². The van der Waals surface area contributed by atoms with Crippen molar-refractivity contribution in [3.63, 3.8) is 0 Å². The Labute approximate surface area is 112 Å². The maximum absolute atomic E-state index is 12.1. The van der Waals surface area contributed by atoms with E-state index in [1.54, 1.807) is 29.2 Å². The van der Waals surface area contributed by atoms with Gasteiger partial charge in [0.05, 0.1) is 18.3 Å². The van der Waals surface area contributed by atoms with Gasteiger partial charge in [0, 0.05) is 6.20 Å². The second kappa shape index (κ2) is 4.51. The summed E-state index contributed by atoms with van der Waals surface area (Å²) in [7, 11) is 0. The van der Waals surface area contributed by atoms with Crippen LogP contribution in [0.4, 0.5) is 0 Å². The average Bonchev–Trinajstić information content (AvgIpc) is 2.84. The number of hydrogen-bond acceptors (Lipinski definition) is 4. The molecule has 6 heteroatoms. The van der Waals surface area contributed by atoms with E-state index in [2.05, 4.69) is 9.97 Å². The first kappa shape index (κ1) is 11.4. The highest BCUT2D eigenvalue weighted by Gasteiger charge is 2.05. The highest BCUT2D eigenvalue weighted by Crippen LogP contribution is 2.13. The van der Waals surface area contributed by atoms with Crippen LogP contribution in [0.5, 0.6) is 0 Å². The Balaban J connectivity index is 2.02. The first-order chi connectivity index (χ1) is 8.74. The Hall–Kier alpha value is -1.72. The predicted octanol–water partition coefficient (Wildman–Crippen LogP) is 2.55. The summed E-state index contributed by atoms with van der Waals surface area (Å²) in [5.41, 5.74) is 0.883. The molecule has 0 spiro atoms. The molecule has 0 amide bonds. The van der Waals surface area contributed by atoms with E-state index in [1.165, 1.54) is 11.3 Å². The minimum atomic E-state index is -0.0313. The predicted molar refractivity (Wildman–Crippen MR) is 72.2 cm³/mol. The summed E-state index contributed by atoms with van der Waals surface area (Å²) in [6, 6.07) is 5.35. The second-order valence-corrected chi connectivity index (χ2v) is 5.09. The van der Waals surface area contributed by atoms with Gasteiger partial charge < -0.3 is 0 Å². The molecule has 0 aromatic carbocycles. The van der Waals surface area contributed by atoms with E-state index < -0.39 is 0 Å². The first-order valence-corrected chi connectivity index (χ1v) is 6.53. The van der Waals surface area contributed by atoms with Gasteiger partial charge in [-0.2, -0.15) is 0 Å². The third-order valence-electron chi connectivity index (χ3n) is 2.59. The van der Waals surface area contributed by atoms with Crippen LogP contribution in [0.2, 0.25) is 5.15 Å². The van der Waals surface area contributed by atoms with Gasteiger partial charge in [0.25, 0.3) is 5.56 Å². The van der Waals surface area contributed by atoms with Gasteiger partial charge in [-0.25, -0.2) is 9.97 Å². The summed E-state index contributed by atoms with van der Waals surface area (Å²) in [6.45, 7) is 0.446. The van der Waals surface area contributed by atoms with Crippen LogP contribution in [-0.4, -0.2) is 14.5 Å². The van der Waals surface area contributed by atoms with Crippen molar-refractivity contribution < 1.29 is 0 Å². The Kier molecular flexibility index (Phi) is 2.85. The maximum atomic E-state index is 12.1. The minimum Gasteiger partial charge on any atom is -0.294 e. The van der Waals surface area contributed by atoms with Gasteiger partial charge in [0.2, 0.25) is 0 Å². The number of halogens is 1. The smallest absolute Gasteiger partial charge is 0.262 e. The molecule has 0 aliphatic heterocycles. The van der Waals surface area contributed by atoms with Crippen molar-refractivity contribution in [3.05, 3.63) is 57.2 Å². The van der Waals surface area contributed by atoms with Gasteiger partial charge in [-0.1, -0.05) is 17.7 Å². The molecule has 90 valence electrons. The maximum Gasteiger partial charge on any atom is 0.262 e. The number of rotatable bonds is 2. The van der Waals surface area contributed by atoms with Gasteiger partial charge in [-0.05, 0) is 23.1 Å². The molecule has 0 unspecified atom stereocenters. The number of hydrogen-bond donors (Lipinski definition) is 0. The molecular formula is C12H8ClN3OS. The van der Waals surface area contributed by atoms with Crippen LogP contribution in [0.3, 0.4) is 0 Å². The fourth-order valence-electron chi connectivity index (χ4n) is 1.70. The third-order valence-corrected chi connectivity index (χ3v) is 3.64. The van der Waals surface area contributed by atoms with Gasteiger partial charge in [-0.15, -0.1) is 11.3 Å². The summed E-state index contributed by atoms with van der Waals surface area (Å²) in [6.07, 6.45) is 3.22. The van der Waals surface area contributed by atoms with Gasteiger partial charge in [0.15, 0.2) is 0 Å². The summed E-state index contributed by atoms with van der Waals surface area (Å²) in [4.78, 5) is 21.2. The van der Waals surface area contributed by atoms with Crippen molar-refractivity contribution in [2.24, 2.45) is 0 Å². The molecule has 4 nitrogen and oxygen atoms in total. The fraction of sp³-hybridized carbons (Fsp3) is 0.0833. The second-order valence-electron chi connectivity index (χ2n) is 3.81. The molecule has 0 N–H and O–H groups in total. The number of pyridine rings is 1. The monoisotopic (exact) mass is 277 g/mol. The molecular weight excluding hydrogens is 270 g/mol. The Morgan fingerprint density at radius 2 is 2.17 bits per heavy atom. The largest absolute Gasteiger partial charge is 0.294 e. The molecule has 3 aromatic rings. The fourth-order valence-corrected chi connectivity index (χ4v) is 2.54. The average molecular weight is 278 g/mol. The lowest BCUT2D eigenvalue weighted by atomic mass is 10.3. The molecule has 0 saturated carbocycles. The molecule has 0 aliphatic carbocycles. The van der Waals surface area contributed by atoms with Gasteiger partial charge in [-0.3, -0.25) is 9.36 Å². The van der Waals surface area contributed by atoms with Crippen LogP contribution in [-0.2, 0) is 6.54 Å². The topological polar surface area (TPSA) is 47.8 Å². The van der Waals surface area contributed by atoms with Gasteiger partial charge >= 0.3 is 0 Å². The zero-order chi connectivity index (χ0) is 12.5. The number of fused-ring (bicyclic) bond motifs is 1. The van der Waals surface area contributed by atoms with Crippen LogP contribution in [0.1, 0.15) is 5.56 Å². The third kappa shape index (κ3) is 2.02. The number of thiophene rings is 1. The zero-order valence-corrected chi connectivity index (χ0v) is 10.8. The van der Waals surface area contributed by atoms with Crippen molar-refractivity contribution >= 4 is 33.2 Å². The lowest BCUT2D eigenvalue weighted by Gasteiger charge is -2.04. The lowest BCUT2D eigenvalue weighted by molar-refractivity contribution is 0.746. The van der Waals surface area contributed by atoms with Crippen molar-refractivity contribution in [1.29, 1.82) is 0 Å². The Bertz CT molecular complexity index is 748. The summed E-state index contributed by atoms with van der Waals surface area (Å²) >= 11 is 7.18. The number of aromatic nitrogens is 3. The van der Waals surface area contributed by atoms with Crippen molar-refractivity contribution in [2.75, 3.05) is 0 Å². The Morgan fingerprint density at radius 3 is 2.94 bits per heavy atom. The first-order valence-electron chi connectivity index (χ1n) is 5.27. The zero-order valence-electron chi connectivity index (χ0n) is 9.21. The van der Waals surface area contributed by atoms with Crippen LogP contribution in [0, 0.1) is 0 Å². The van der Waals surface area contributed by atoms with Crippen molar-refractivity contribution in [1.82, 2.24) is 14.5 Å². The lowest BCUT2D eigenvalue weighted by Crippen LogP contribution is -2.20. The molecule has 18 heavy (non-hydrogen) atoms. The molecule has 0 aliphatic rings. The standard InChI is InChI=1S/C12H8ClN3OS/c13-10-2-1-8(5-14-10)6-16-7-15-11-9(12(16)17)3-4-18-11/h1-5,7H,6H2. The quantitative estimate of drug-likeness (QED) is 0.677. The van der Waals surface area contributed by atoms with E-state index in [-0.39, 0.29) is 5.56 Å². The van der Waals surface area contributed by atoms with E-state index in [4.69, 9.17) is 11.6 Å². The molecule has 0 radical (unpaired) electrons. The molecule has 3 aromatic heterocycles. The summed E-state index contributed by atoms with van der Waals surface area (Å²) in [5.74, 6) is 0. The molecule has 0 atom stereocenters. The highest BCUT2D eigenvalue weighted by molar-refractivity contribution is 7.16. The number of nitrogens with zero attached hydrogens (tertiary/aromatic N) is 3. The SMILES string of the molecule is O=c1c2ccsc2ncn1Cc1ccc(Cl)nc1. The molecule has 0 bridgehead atoms. The molecule has 3 heterocycles. The van der Waals surface area contributed by atoms with E-state index in [0.29, 0.717) is 17.1 Å². The highest BCUT2D eigenvalue weighted by atomic mass is 35.5. The van der Waals surface area contributed by atoms with E-state index >= 15 is 0 Å². The van der Waals surface area contributed by atoms with Crippen molar-refractivity contribution in [3.8, 4) is 0 Å². The van der Waals surface area contributed by atoms with E-state index in [0.717, 1.165) is 10.4 Å². The van der Waals surface area contributed by atoms with Crippen LogP contribution in [0.25, 0.3) is 10.2 Å². The van der Waals surface area contributed by atoms with Crippen molar-refractivity contribution in [2.45, 2.75) is 6.54 Å². The normalized spacial score (nSPS) is 10.9. The molecule has 0 fully saturated rings. The minimum absolute atomic E-state index is 0.0313. The molecule has 0 saturated heterocycles. The van der Waals surface area contributed by atoms with E-state index in [1.807, 2.05) is 11.4 Å². The van der Waals surface area contributed by atoms with Gasteiger partial charge in [0.1, 0.15) is 9.98 Å². The summed E-state index contributed by atoms with van der Waals surface area (Å²) in [5, 5.41) is 2.97.